The molecule has 0 spiro atoms. The molecule has 0 aromatic carbocycles. The number of thiophene rings is 1. The Morgan fingerprint density at radius 3 is 3.00 bits per heavy atom. The summed E-state index contributed by atoms with van der Waals surface area (Å²) >= 11 is 1.74. The Labute approximate surface area is 88.1 Å². The first-order valence-corrected chi connectivity index (χ1v) is 5.42. The highest BCUT2D eigenvalue weighted by Gasteiger charge is 2.01. The van der Waals surface area contributed by atoms with Crippen molar-refractivity contribution in [3.8, 4) is 0 Å². The third kappa shape index (κ3) is 3.47. The van der Waals surface area contributed by atoms with Crippen LogP contribution in [-0.2, 0) is 16.1 Å². The minimum Gasteiger partial charge on any atom is -0.469 e. The smallest absolute Gasteiger partial charge is 0.306 e. The number of rotatable bonds is 5. The molecule has 78 valence electrons. The molecule has 0 aliphatic carbocycles. The van der Waals surface area contributed by atoms with Gasteiger partial charge in [-0.1, -0.05) is 0 Å². The normalized spacial score (nSPS) is 10.1. The molecule has 0 aliphatic rings. The Balaban J connectivity index is 2.16. The monoisotopic (exact) mass is 213 g/mol. The van der Waals surface area contributed by atoms with Crippen molar-refractivity contribution in [2.45, 2.75) is 19.9 Å². The van der Waals surface area contributed by atoms with Crippen molar-refractivity contribution >= 4 is 17.3 Å². The molecule has 14 heavy (non-hydrogen) atoms. The maximum Gasteiger partial charge on any atom is 0.306 e. The quantitative estimate of drug-likeness (QED) is 0.597. The summed E-state index contributed by atoms with van der Waals surface area (Å²) in [4.78, 5) is 12.1. The molecule has 3 nitrogen and oxygen atoms in total. The summed E-state index contributed by atoms with van der Waals surface area (Å²) in [5.41, 5.74) is 1.31. The lowest BCUT2D eigenvalue weighted by Gasteiger charge is -2.02. The molecular formula is C10H15NO2S. The van der Waals surface area contributed by atoms with Crippen molar-refractivity contribution in [2.24, 2.45) is 0 Å². The van der Waals surface area contributed by atoms with E-state index in [4.69, 9.17) is 0 Å². The molecule has 0 aliphatic heterocycles. The predicted molar refractivity (Wildman–Crippen MR) is 57.4 cm³/mol. The highest BCUT2D eigenvalue weighted by atomic mass is 32.1. The summed E-state index contributed by atoms with van der Waals surface area (Å²) in [6, 6.07) is 2.10. The maximum atomic E-state index is 10.8. The highest BCUT2D eigenvalue weighted by Crippen LogP contribution is 2.14. The van der Waals surface area contributed by atoms with Crippen LogP contribution in [0.15, 0.2) is 11.4 Å². The van der Waals surface area contributed by atoms with E-state index in [1.165, 1.54) is 17.6 Å². The van der Waals surface area contributed by atoms with Crippen LogP contribution in [0.2, 0.25) is 0 Å². The molecule has 4 heteroatoms. The van der Waals surface area contributed by atoms with Crippen molar-refractivity contribution < 1.29 is 9.53 Å². The number of hydrogen-bond donors (Lipinski definition) is 1. The second kappa shape index (κ2) is 5.78. The fourth-order valence-electron chi connectivity index (χ4n) is 1.08. The van der Waals surface area contributed by atoms with Crippen LogP contribution in [0.5, 0.6) is 0 Å². The lowest BCUT2D eigenvalue weighted by Crippen LogP contribution is -2.18. The molecule has 0 atom stereocenters. The Hall–Kier alpha value is -0.870. The standard InChI is InChI=1S/C10H15NO2S/c1-8-4-6-14-9(8)7-11-5-3-10(12)13-2/h4,6,11H,3,5,7H2,1-2H3. The van der Waals surface area contributed by atoms with Gasteiger partial charge in [-0.25, -0.2) is 0 Å². The van der Waals surface area contributed by atoms with Gasteiger partial charge in [-0.05, 0) is 23.9 Å². The second-order valence-corrected chi connectivity index (χ2v) is 4.03. The molecule has 1 aromatic heterocycles. The lowest BCUT2D eigenvalue weighted by atomic mass is 10.3. The highest BCUT2D eigenvalue weighted by molar-refractivity contribution is 7.10. The second-order valence-electron chi connectivity index (χ2n) is 3.03. The van der Waals surface area contributed by atoms with Crippen LogP contribution in [0.25, 0.3) is 0 Å². The van der Waals surface area contributed by atoms with Crippen LogP contribution >= 0.6 is 11.3 Å². The Kier molecular flexibility index (Phi) is 4.62. The zero-order valence-electron chi connectivity index (χ0n) is 8.50. The molecule has 1 heterocycles. The molecule has 0 unspecified atom stereocenters. The van der Waals surface area contributed by atoms with E-state index in [0.717, 1.165) is 6.54 Å². The van der Waals surface area contributed by atoms with Gasteiger partial charge in [0, 0.05) is 18.0 Å². The van der Waals surface area contributed by atoms with Crippen molar-refractivity contribution in [3.63, 3.8) is 0 Å². The molecule has 0 fully saturated rings. The summed E-state index contributed by atoms with van der Waals surface area (Å²) in [5.74, 6) is -0.166. The van der Waals surface area contributed by atoms with E-state index in [0.29, 0.717) is 13.0 Å². The molecule has 1 aromatic rings. The van der Waals surface area contributed by atoms with E-state index >= 15 is 0 Å². The molecule has 1 rings (SSSR count). The minimum atomic E-state index is -0.166. The summed E-state index contributed by atoms with van der Waals surface area (Å²) in [6.07, 6.45) is 0.431. The Morgan fingerprint density at radius 1 is 1.64 bits per heavy atom. The van der Waals surface area contributed by atoms with Gasteiger partial charge in [0.15, 0.2) is 0 Å². The van der Waals surface area contributed by atoms with E-state index in [9.17, 15) is 4.79 Å². The van der Waals surface area contributed by atoms with E-state index in [1.54, 1.807) is 11.3 Å². The van der Waals surface area contributed by atoms with Crippen LogP contribution in [0, 0.1) is 6.92 Å². The SMILES string of the molecule is COC(=O)CCNCc1sccc1C. The van der Waals surface area contributed by atoms with Crippen LogP contribution in [0.4, 0.5) is 0 Å². The van der Waals surface area contributed by atoms with Gasteiger partial charge >= 0.3 is 5.97 Å². The van der Waals surface area contributed by atoms with Gasteiger partial charge in [0.2, 0.25) is 0 Å². The summed E-state index contributed by atoms with van der Waals surface area (Å²) in [6.45, 7) is 3.60. The van der Waals surface area contributed by atoms with E-state index in [1.807, 2.05) is 0 Å². The Morgan fingerprint density at radius 2 is 2.43 bits per heavy atom. The summed E-state index contributed by atoms with van der Waals surface area (Å²) in [7, 11) is 1.41. The van der Waals surface area contributed by atoms with Gasteiger partial charge < -0.3 is 10.1 Å². The third-order valence-electron chi connectivity index (χ3n) is 1.99. The lowest BCUT2D eigenvalue weighted by molar-refractivity contribution is -0.140. The largest absolute Gasteiger partial charge is 0.469 e. The topological polar surface area (TPSA) is 38.3 Å². The van der Waals surface area contributed by atoms with Gasteiger partial charge in [-0.3, -0.25) is 4.79 Å². The molecular weight excluding hydrogens is 198 g/mol. The first kappa shape index (κ1) is 11.2. The number of esters is 1. The van der Waals surface area contributed by atoms with Crippen molar-refractivity contribution in [1.82, 2.24) is 5.32 Å². The van der Waals surface area contributed by atoms with Crippen molar-refractivity contribution in [2.75, 3.05) is 13.7 Å². The Bertz CT molecular complexity index is 296. The molecule has 0 saturated carbocycles. The number of hydrogen-bond acceptors (Lipinski definition) is 4. The van der Waals surface area contributed by atoms with Crippen molar-refractivity contribution in [1.29, 1.82) is 0 Å². The number of carbonyl (C=O) groups excluding carboxylic acids is 1. The number of methoxy groups -OCH3 is 1. The van der Waals surface area contributed by atoms with E-state index in [2.05, 4.69) is 28.4 Å². The maximum absolute atomic E-state index is 10.8. The average Bonchev–Trinajstić information content (AvgIpc) is 2.58. The van der Waals surface area contributed by atoms with Gasteiger partial charge in [0.1, 0.15) is 0 Å². The molecule has 0 amide bonds. The van der Waals surface area contributed by atoms with Gasteiger partial charge in [0.25, 0.3) is 0 Å². The number of nitrogens with one attached hydrogen (secondary N) is 1. The minimum absolute atomic E-state index is 0.166. The van der Waals surface area contributed by atoms with E-state index < -0.39 is 0 Å². The van der Waals surface area contributed by atoms with E-state index in [-0.39, 0.29) is 5.97 Å². The van der Waals surface area contributed by atoms with Crippen LogP contribution in [0.3, 0.4) is 0 Å². The van der Waals surface area contributed by atoms with Gasteiger partial charge in [-0.2, -0.15) is 0 Å². The molecule has 0 bridgehead atoms. The third-order valence-corrected chi connectivity index (χ3v) is 3.01. The van der Waals surface area contributed by atoms with Crippen LogP contribution < -0.4 is 5.32 Å². The molecule has 1 N–H and O–H groups in total. The van der Waals surface area contributed by atoms with Gasteiger partial charge in [0.05, 0.1) is 13.5 Å². The fourth-order valence-corrected chi connectivity index (χ4v) is 1.96. The average molecular weight is 213 g/mol. The molecule has 0 radical (unpaired) electrons. The van der Waals surface area contributed by atoms with Crippen LogP contribution in [-0.4, -0.2) is 19.6 Å². The fraction of sp³-hybridized carbons (Fsp3) is 0.500. The zero-order chi connectivity index (χ0) is 10.4. The first-order chi connectivity index (χ1) is 6.74. The molecule has 0 saturated heterocycles. The van der Waals surface area contributed by atoms with Crippen LogP contribution in [0.1, 0.15) is 16.9 Å². The summed E-state index contributed by atoms with van der Waals surface area (Å²) in [5, 5.41) is 5.28. The first-order valence-electron chi connectivity index (χ1n) is 4.54. The predicted octanol–water partition coefficient (Wildman–Crippen LogP) is 1.71. The van der Waals surface area contributed by atoms with Crippen molar-refractivity contribution in [3.05, 3.63) is 21.9 Å². The number of ether oxygens (including phenoxy) is 1. The zero-order valence-corrected chi connectivity index (χ0v) is 9.32. The number of carbonyl (C=O) groups is 1. The summed E-state index contributed by atoms with van der Waals surface area (Å²) < 4.78 is 4.53. The number of aryl methyl sites for hydroxylation is 1. The van der Waals surface area contributed by atoms with Gasteiger partial charge in [-0.15, -0.1) is 11.3 Å².